The van der Waals surface area contributed by atoms with Gasteiger partial charge in [-0.25, -0.2) is 4.98 Å². The van der Waals surface area contributed by atoms with Crippen molar-refractivity contribution in [3.8, 4) is 0 Å². The number of aromatic nitrogens is 1. The molecule has 1 aliphatic rings. The van der Waals surface area contributed by atoms with Crippen molar-refractivity contribution < 1.29 is 0 Å². The summed E-state index contributed by atoms with van der Waals surface area (Å²) in [6.07, 6.45) is 2.45. The molecule has 5 heteroatoms. The van der Waals surface area contributed by atoms with E-state index in [-0.39, 0.29) is 0 Å². The number of hydrogen-bond acceptors (Lipinski definition) is 4. The Morgan fingerprint density at radius 2 is 2.18 bits per heavy atom. The number of piperidine rings is 1. The number of hydrogen-bond donors (Lipinski definition) is 2. The highest BCUT2D eigenvalue weighted by Gasteiger charge is 2.16. The minimum absolute atomic E-state index is 0.477. The Hall–Kier alpha value is -1.00. The van der Waals surface area contributed by atoms with Crippen molar-refractivity contribution in [1.82, 2.24) is 9.88 Å². The zero-order chi connectivity index (χ0) is 12.3. The number of halogens is 1. The van der Waals surface area contributed by atoms with Crippen LogP contribution in [0.4, 0.5) is 11.5 Å². The van der Waals surface area contributed by atoms with Crippen molar-refractivity contribution in [3.05, 3.63) is 17.3 Å². The van der Waals surface area contributed by atoms with Gasteiger partial charge < -0.3 is 16.0 Å². The van der Waals surface area contributed by atoms with E-state index in [1.807, 2.05) is 0 Å². The van der Waals surface area contributed by atoms with E-state index >= 15 is 0 Å². The number of pyridine rings is 1. The molecule has 0 bridgehead atoms. The highest BCUT2D eigenvalue weighted by atomic mass is 35.5. The van der Waals surface area contributed by atoms with Crippen molar-refractivity contribution in [2.45, 2.75) is 12.8 Å². The molecule has 1 aromatic rings. The van der Waals surface area contributed by atoms with Crippen molar-refractivity contribution in [2.24, 2.45) is 5.92 Å². The standard InChI is InChI=1S/C12H19ClN4/c1-17-6-4-9(5-7-17)8-15-12-10(14)2-3-11(13)16-12/h2-3,9H,4-8,14H2,1H3,(H,15,16). The van der Waals surface area contributed by atoms with E-state index in [4.69, 9.17) is 17.3 Å². The van der Waals surface area contributed by atoms with Gasteiger partial charge in [-0.05, 0) is 51.0 Å². The van der Waals surface area contributed by atoms with Gasteiger partial charge in [0.2, 0.25) is 0 Å². The summed E-state index contributed by atoms with van der Waals surface area (Å²) in [4.78, 5) is 6.55. The molecule has 0 radical (unpaired) electrons. The molecular formula is C12H19ClN4. The average molecular weight is 255 g/mol. The number of nitrogen functional groups attached to an aromatic ring is 1. The Morgan fingerprint density at radius 3 is 2.88 bits per heavy atom. The normalized spacial score (nSPS) is 18.2. The van der Waals surface area contributed by atoms with E-state index < -0.39 is 0 Å². The largest absolute Gasteiger partial charge is 0.396 e. The summed E-state index contributed by atoms with van der Waals surface area (Å²) in [5.41, 5.74) is 6.49. The van der Waals surface area contributed by atoms with E-state index in [9.17, 15) is 0 Å². The van der Waals surface area contributed by atoms with Crippen molar-refractivity contribution in [1.29, 1.82) is 0 Å². The van der Waals surface area contributed by atoms with E-state index in [2.05, 4.69) is 22.2 Å². The molecule has 2 heterocycles. The fourth-order valence-electron chi connectivity index (χ4n) is 2.09. The SMILES string of the molecule is CN1CCC(CNc2nc(Cl)ccc2N)CC1. The van der Waals surface area contributed by atoms with E-state index in [1.54, 1.807) is 12.1 Å². The highest BCUT2D eigenvalue weighted by Crippen LogP contribution is 2.21. The third-order valence-corrected chi connectivity index (χ3v) is 3.50. The van der Waals surface area contributed by atoms with Crippen molar-refractivity contribution in [3.63, 3.8) is 0 Å². The molecule has 0 atom stereocenters. The first kappa shape index (κ1) is 12.5. The zero-order valence-corrected chi connectivity index (χ0v) is 10.9. The second-order valence-electron chi connectivity index (χ2n) is 4.70. The van der Waals surface area contributed by atoms with Crippen molar-refractivity contribution in [2.75, 3.05) is 37.7 Å². The Bertz CT molecular complexity index is 375. The maximum Gasteiger partial charge on any atom is 0.150 e. The maximum absolute atomic E-state index is 5.84. The lowest BCUT2D eigenvalue weighted by Gasteiger charge is -2.29. The summed E-state index contributed by atoms with van der Waals surface area (Å²) >= 11 is 5.84. The minimum Gasteiger partial charge on any atom is -0.396 e. The molecule has 17 heavy (non-hydrogen) atoms. The predicted octanol–water partition coefficient (Wildman–Crippen LogP) is 2.07. The smallest absolute Gasteiger partial charge is 0.150 e. The Balaban J connectivity index is 1.87. The molecule has 94 valence electrons. The van der Waals surface area contributed by atoms with Crippen LogP contribution in [0.5, 0.6) is 0 Å². The Kier molecular flexibility index (Phi) is 4.07. The van der Waals surface area contributed by atoms with Crippen LogP contribution in [0.15, 0.2) is 12.1 Å². The minimum atomic E-state index is 0.477. The first-order chi connectivity index (χ1) is 8.15. The lowest BCUT2D eigenvalue weighted by atomic mass is 9.97. The molecule has 3 N–H and O–H groups in total. The third-order valence-electron chi connectivity index (χ3n) is 3.29. The third kappa shape index (κ3) is 3.48. The van der Waals surface area contributed by atoms with Gasteiger partial charge in [0.25, 0.3) is 0 Å². The van der Waals surface area contributed by atoms with Crippen LogP contribution < -0.4 is 11.1 Å². The number of anilines is 2. The summed E-state index contributed by atoms with van der Waals surface area (Å²) in [6, 6.07) is 3.49. The predicted molar refractivity (Wildman–Crippen MR) is 72.4 cm³/mol. The van der Waals surface area contributed by atoms with E-state index in [0.717, 1.165) is 6.54 Å². The monoisotopic (exact) mass is 254 g/mol. The molecule has 0 spiro atoms. The number of nitrogens with one attached hydrogen (secondary N) is 1. The summed E-state index contributed by atoms with van der Waals surface area (Å²) in [5.74, 6) is 1.41. The topological polar surface area (TPSA) is 54.2 Å². The molecule has 0 saturated carbocycles. The fraction of sp³-hybridized carbons (Fsp3) is 0.583. The first-order valence-electron chi connectivity index (χ1n) is 5.99. The van der Waals surface area contributed by atoms with Crippen LogP contribution in [0.2, 0.25) is 5.15 Å². The van der Waals surface area contributed by atoms with Crippen molar-refractivity contribution >= 4 is 23.1 Å². The summed E-state index contributed by atoms with van der Waals surface area (Å²) < 4.78 is 0. The van der Waals surface area contributed by atoms with Crippen LogP contribution >= 0.6 is 11.6 Å². The second-order valence-corrected chi connectivity index (χ2v) is 5.09. The van der Waals surface area contributed by atoms with Gasteiger partial charge in [0.05, 0.1) is 5.69 Å². The van der Waals surface area contributed by atoms with Gasteiger partial charge in [0.1, 0.15) is 5.15 Å². The Labute approximate surface area is 107 Å². The Morgan fingerprint density at radius 1 is 1.47 bits per heavy atom. The van der Waals surface area contributed by atoms with Gasteiger partial charge in [0.15, 0.2) is 5.82 Å². The molecule has 0 aromatic carbocycles. The maximum atomic E-state index is 5.84. The molecular weight excluding hydrogens is 236 g/mol. The molecule has 1 saturated heterocycles. The molecule has 1 aliphatic heterocycles. The van der Waals surface area contributed by atoms with Gasteiger partial charge in [0, 0.05) is 6.54 Å². The first-order valence-corrected chi connectivity index (χ1v) is 6.37. The molecule has 0 aliphatic carbocycles. The summed E-state index contributed by atoms with van der Waals surface area (Å²) in [6.45, 7) is 3.26. The molecule has 1 fully saturated rings. The van der Waals surface area contributed by atoms with Gasteiger partial charge >= 0.3 is 0 Å². The van der Waals surface area contributed by atoms with E-state index in [0.29, 0.717) is 22.6 Å². The fourth-order valence-corrected chi connectivity index (χ4v) is 2.24. The van der Waals surface area contributed by atoms with Crippen LogP contribution in [-0.2, 0) is 0 Å². The lowest BCUT2D eigenvalue weighted by Crippen LogP contribution is -2.33. The quantitative estimate of drug-likeness (QED) is 0.811. The molecule has 4 nitrogen and oxygen atoms in total. The van der Waals surface area contributed by atoms with Gasteiger partial charge in [-0.3, -0.25) is 0 Å². The van der Waals surface area contributed by atoms with Crippen LogP contribution in [0.1, 0.15) is 12.8 Å². The number of likely N-dealkylation sites (tertiary alicyclic amines) is 1. The van der Waals surface area contributed by atoms with Crippen LogP contribution in [-0.4, -0.2) is 36.6 Å². The lowest BCUT2D eigenvalue weighted by molar-refractivity contribution is 0.226. The molecule has 1 aromatic heterocycles. The average Bonchev–Trinajstić information content (AvgIpc) is 2.32. The number of nitrogens with two attached hydrogens (primary N) is 1. The summed E-state index contributed by atoms with van der Waals surface area (Å²) in [5, 5.41) is 3.78. The number of nitrogens with zero attached hydrogens (tertiary/aromatic N) is 2. The molecule has 0 unspecified atom stereocenters. The number of rotatable bonds is 3. The van der Waals surface area contributed by atoms with Gasteiger partial charge in [-0.1, -0.05) is 11.6 Å². The van der Waals surface area contributed by atoms with Gasteiger partial charge in [-0.15, -0.1) is 0 Å². The van der Waals surface area contributed by atoms with Crippen LogP contribution in [0.25, 0.3) is 0 Å². The van der Waals surface area contributed by atoms with E-state index in [1.165, 1.54) is 25.9 Å². The molecule has 0 amide bonds. The second kappa shape index (κ2) is 5.56. The summed E-state index contributed by atoms with van der Waals surface area (Å²) in [7, 11) is 2.17. The highest BCUT2D eigenvalue weighted by molar-refractivity contribution is 6.29. The molecule has 2 rings (SSSR count). The zero-order valence-electron chi connectivity index (χ0n) is 10.1. The van der Waals surface area contributed by atoms with Crippen LogP contribution in [0, 0.1) is 5.92 Å². The van der Waals surface area contributed by atoms with Gasteiger partial charge in [-0.2, -0.15) is 0 Å². The van der Waals surface area contributed by atoms with Crippen LogP contribution in [0.3, 0.4) is 0 Å².